The van der Waals surface area contributed by atoms with Crippen LogP contribution in [0.3, 0.4) is 0 Å². The predicted octanol–water partition coefficient (Wildman–Crippen LogP) is 1.42. The summed E-state index contributed by atoms with van der Waals surface area (Å²) in [7, 11) is -1.93. The third kappa shape index (κ3) is 5.52. The number of carbonyl (C=O) groups is 2. The summed E-state index contributed by atoms with van der Waals surface area (Å²) in [5.74, 6) is -0.971. The molecule has 0 saturated carbocycles. The maximum Gasteiger partial charge on any atom is 0.271 e. The Labute approximate surface area is 197 Å². The Morgan fingerprint density at radius 2 is 1.91 bits per heavy atom. The van der Waals surface area contributed by atoms with E-state index in [1.165, 1.54) is 28.7 Å². The molecule has 1 aromatic carbocycles. The molecule has 2 heterocycles. The van der Waals surface area contributed by atoms with Crippen LogP contribution >= 0.6 is 11.6 Å². The first-order chi connectivity index (χ1) is 15.5. The van der Waals surface area contributed by atoms with Crippen LogP contribution in [0, 0.1) is 0 Å². The molecule has 3 rings (SSSR count). The van der Waals surface area contributed by atoms with Crippen molar-refractivity contribution in [2.45, 2.75) is 13.1 Å². The van der Waals surface area contributed by atoms with Crippen molar-refractivity contribution in [3.05, 3.63) is 74.7 Å². The van der Waals surface area contributed by atoms with Crippen LogP contribution in [-0.2, 0) is 23.1 Å². The second-order valence-electron chi connectivity index (χ2n) is 7.71. The molecular weight excluding hydrogens is 468 g/mol. The van der Waals surface area contributed by atoms with E-state index in [-0.39, 0.29) is 44.0 Å². The zero-order valence-electron chi connectivity index (χ0n) is 18.4. The number of hydrogen-bond acceptors (Lipinski definition) is 5. The number of nitrogens with zero attached hydrogens (tertiary/aromatic N) is 3. The molecule has 1 aromatic heterocycles. The molecular formula is C22H25ClN4O5S. The summed E-state index contributed by atoms with van der Waals surface area (Å²) in [4.78, 5) is 40.3. The molecule has 0 spiro atoms. The number of likely N-dealkylation sites (N-methyl/N-ethyl adjacent to an activating group) is 1. The van der Waals surface area contributed by atoms with E-state index in [0.717, 1.165) is 16.1 Å². The molecule has 1 aliphatic rings. The molecule has 1 N–H and O–H groups in total. The third-order valence-electron chi connectivity index (χ3n) is 5.48. The van der Waals surface area contributed by atoms with Gasteiger partial charge in [0.2, 0.25) is 10.0 Å². The number of nitrogens with one attached hydrogen (secondary N) is 1. The highest BCUT2D eigenvalue weighted by Crippen LogP contribution is 2.18. The minimum absolute atomic E-state index is 0.0827. The molecule has 0 saturated heterocycles. The first-order valence-corrected chi connectivity index (χ1v) is 12.4. The summed E-state index contributed by atoms with van der Waals surface area (Å²) >= 11 is 5.87. The Balaban J connectivity index is 1.82. The fraction of sp³-hybridized carbons (Fsp3) is 0.318. The summed E-state index contributed by atoms with van der Waals surface area (Å²) in [5, 5.41) is 3.29. The molecule has 0 fully saturated rings. The number of fused-ring (bicyclic) bond motifs is 1. The van der Waals surface area contributed by atoms with Gasteiger partial charge in [-0.25, -0.2) is 12.7 Å². The van der Waals surface area contributed by atoms with Crippen LogP contribution < -0.4 is 10.9 Å². The van der Waals surface area contributed by atoms with Gasteiger partial charge in [-0.3, -0.25) is 14.4 Å². The summed E-state index contributed by atoms with van der Waals surface area (Å²) in [6, 6.07) is 8.32. The van der Waals surface area contributed by atoms with Crippen molar-refractivity contribution in [3.63, 3.8) is 0 Å². The van der Waals surface area contributed by atoms with Crippen molar-refractivity contribution in [2.24, 2.45) is 0 Å². The first kappa shape index (κ1) is 24.7. The van der Waals surface area contributed by atoms with Crippen molar-refractivity contribution in [3.8, 4) is 0 Å². The van der Waals surface area contributed by atoms with Gasteiger partial charge in [0, 0.05) is 50.4 Å². The number of pyridine rings is 1. The van der Waals surface area contributed by atoms with Crippen molar-refractivity contribution in [1.29, 1.82) is 0 Å². The van der Waals surface area contributed by atoms with Gasteiger partial charge in [-0.2, -0.15) is 0 Å². The second kappa shape index (κ2) is 9.90. The number of amides is 2. The van der Waals surface area contributed by atoms with Crippen LogP contribution in [0.2, 0.25) is 5.02 Å². The molecule has 2 aromatic rings. The number of sulfonamides is 1. The van der Waals surface area contributed by atoms with Gasteiger partial charge < -0.3 is 14.8 Å². The Kier molecular flexibility index (Phi) is 7.41. The highest BCUT2D eigenvalue weighted by molar-refractivity contribution is 7.88. The lowest BCUT2D eigenvalue weighted by Gasteiger charge is -2.31. The Hall–Kier alpha value is -2.95. The van der Waals surface area contributed by atoms with E-state index in [9.17, 15) is 22.8 Å². The molecule has 0 atom stereocenters. The van der Waals surface area contributed by atoms with E-state index < -0.39 is 27.4 Å². The van der Waals surface area contributed by atoms with E-state index in [2.05, 4.69) is 11.9 Å². The number of carbonyl (C=O) groups excluding carboxylic acids is 2. The Morgan fingerprint density at radius 3 is 2.52 bits per heavy atom. The quantitative estimate of drug-likeness (QED) is 0.599. The molecule has 9 nitrogen and oxygen atoms in total. The van der Waals surface area contributed by atoms with Crippen LogP contribution in [0.15, 0.2) is 41.7 Å². The van der Waals surface area contributed by atoms with Crippen molar-refractivity contribution >= 4 is 39.5 Å². The van der Waals surface area contributed by atoms with Crippen molar-refractivity contribution in [2.75, 3.05) is 32.9 Å². The monoisotopic (exact) mass is 492 g/mol. The zero-order chi connectivity index (χ0) is 24.3. The van der Waals surface area contributed by atoms with E-state index in [0.29, 0.717) is 10.6 Å². The molecule has 33 heavy (non-hydrogen) atoms. The van der Waals surface area contributed by atoms with Crippen LogP contribution in [0.4, 0.5) is 0 Å². The Bertz CT molecular complexity index is 1250. The topological polar surface area (TPSA) is 109 Å². The lowest BCUT2D eigenvalue weighted by Crippen LogP contribution is -2.48. The normalized spacial score (nSPS) is 13.7. The molecule has 2 amide bonds. The number of rotatable bonds is 8. The van der Waals surface area contributed by atoms with Gasteiger partial charge >= 0.3 is 0 Å². The summed E-state index contributed by atoms with van der Waals surface area (Å²) in [6.45, 7) is 4.63. The standard InChI is InChI=1S/C22H25ClN4O5S/c1-4-16-13-18(20(28)24-14-15-5-7-17(23)8-6-15)21(29)27-12-11-26(22(30)19(16)27)10-9-25(2)33(3,31)32/h4-8,13H,1,9-12,14H2,2-3H3,(H,24,28). The van der Waals surface area contributed by atoms with Gasteiger partial charge in [0.05, 0.1) is 6.26 Å². The minimum Gasteiger partial charge on any atom is -0.348 e. The lowest BCUT2D eigenvalue weighted by atomic mass is 10.1. The van der Waals surface area contributed by atoms with Crippen LogP contribution in [0.5, 0.6) is 0 Å². The highest BCUT2D eigenvalue weighted by atomic mass is 35.5. The number of aromatic nitrogens is 1. The maximum absolute atomic E-state index is 13.1. The second-order valence-corrected chi connectivity index (χ2v) is 10.2. The average Bonchev–Trinajstić information content (AvgIpc) is 2.77. The van der Waals surface area contributed by atoms with Gasteiger partial charge in [-0.05, 0) is 23.8 Å². The fourth-order valence-corrected chi connectivity index (χ4v) is 3.99. The van der Waals surface area contributed by atoms with Crippen LogP contribution in [0.1, 0.15) is 32.0 Å². The summed E-state index contributed by atoms with van der Waals surface area (Å²) < 4.78 is 25.7. The fourth-order valence-electron chi connectivity index (χ4n) is 3.45. The minimum atomic E-state index is -3.37. The van der Waals surface area contributed by atoms with Gasteiger partial charge in [0.25, 0.3) is 17.4 Å². The third-order valence-corrected chi connectivity index (χ3v) is 7.05. The van der Waals surface area contributed by atoms with Crippen LogP contribution in [-0.4, -0.2) is 66.9 Å². The van der Waals surface area contributed by atoms with E-state index in [4.69, 9.17) is 11.6 Å². The maximum atomic E-state index is 13.1. The summed E-state index contributed by atoms with van der Waals surface area (Å²) in [5.41, 5.74) is 0.667. The van der Waals surface area contributed by atoms with Gasteiger partial charge in [-0.1, -0.05) is 36.4 Å². The first-order valence-electron chi connectivity index (χ1n) is 10.2. The molecule has 0 unspecified atom stereocenters. The molecule has 0 bridgehead atoms. The van der Waals surface area contributed by atoms with Gasteiger partial charge in [0.15, 0.2) is 0 Å². The number of benzene rings is 1. The van der Waals surface area contributed by atoms with E-state index in [1.54, 1.807) is 24.3 Å². The molecule has 0 radical (unpaired) electrons. The van der Waals surface area contributed by atoms with Crippen molar-refractivity contribution in [1.82, 2.24) is 19.1 Å². The largest absolute Gasteiger partial charge is 0.348 e. The smallest absolute Gasteiger partial charge is 0.271 e. The molecule has 0 aliphatic carbocycles. The van der Waals surface area contributed by atoms with E-state index in [1.807, 2.05) is 0 Å². The average molecular weight is 493 g/mol. The predicted molar refractivity (Wildman–Crippen MR) is 127 cm³/mol. The zero-order valence-corrected chi connectivity index (χ0v) is 19.9. The molecule has 176 valence electrons. The molecule has 1 aliphatic heterocycles. The van der Waals surface area contributed by atoms with Crippen molar-refractivity contribution < 1.29 is 18.0 Å². The van der Waals surface area contributed by atoms with Crippen LogP contribution in [0.25, 0.3) is 6.08 Å². The number of halogens is 1. The van der Waals surface area contributed by atoms with Gasteiger partial charge in [-0.15, -0.1) is 0 Å². The Morgan fingerprint density at radius 1 is 1.24 bits per heavy atom. The molecule has 11 heteroatoms. The van der Waals surface area contributed by atoms with E-state index >= 15 is 0 Å². The highest BCUT2D eigenvalue weighted by Gasteiger charge is 2.30. The number of hydrogen-bond donors (Lipinski definition) is 1. The van der Waals surface area contributed by atoms with Gasteiger partial charge in [0.1, 0.15) is 11.3 Å². The summed E-state index contributed by atoms with van der Waals surface area (Å²) in [6.07, 6.45) is 2.51. The SMILES string of the molecule is C=Cc1cc(C(=O)NCc2ccc(Cl)cc2)c(=O)n2c1C(=O)N(CCN(C)S(C)(=O)=O)CC2. The lowest BCUT2D eigenvalue weighted by molar-refractivity contribution is 0.0693.